The van der Waals surface area contributed by atoms with Gasteiger partial charge in [-0.2, -0.15) is 0 Å². The van der Waals surface area contributed by atoms with E-state index in [0.29, 0.717) is 0 Å². The van der Waals surface area contributed by atoms with Crippen LogP contribution in [0.25, 0.3) is 0 Å². The van der Waals surface area contributed by atoms with Crippen LogP contribution in [0.15, 0.2) is 28.7 Å². The Kier molecular flexibility index (Phi) is 5.08. The molecule has 0 aliphatic rings. The Balaban J connectivity index is 2.82. The van der Waals surface area contributed by atoms with Gasteiger partial charge in [0, 0.05) is 10.9 Å². The third-order valence-corrected chi connectivity index (χ3v) is 3.57. The van der Waals surface area contributed by atoms with Crippen LogP contribution in [-0.4, -0.2) is 18.4 Å². The first-order chi connectivity index (χ1) is 8.39. The van der Waals surface area contributed by atoms with E-state index in [1.807, 2.05) is 24.3 Å². The van der Waals surface area contributed by atoms with Gasteiger partial charge in [0.25, 0.3) is 0 Å². The van der Waals surface area contributed by atoms with Crippen molar-refractivity contribution in [1.29, 1.82) is 0 Å². The molecule has 98 valence electrons. The standard InChI is InChI=1S/C14H17BrO3/c1-4-18-13(17)14(2,3)12(16)9-10-7-5-6-8-11(10)15/h5-8H,4,9H2,1-3H3. The number of carbonyl (C=O) groups is 2. The maximum Gasteiger partial charge on any atom is 0.319 e. The Morgan fingerprint density at radius 3 is 2.44 bits per heavy atom. The molecule has 0 radical (unpaired) electrons. The fourth-order valence-electron chi connectivity index (χ4n) is 1.46. The van der Waals surface area contributed by atoms with Crippen molar-refractivity contribution in [1.82, 2.24) is 0 Å². The lowest BCUT2D eigenvalue weighted by atomic mass is 9.85. The van der Waals surface area contributed by atoms with Crippen molar-refractivity contribution in [3.05, 3.63) is 34.3 Å². The van der Waals surface area contributed by atoms with E-state index in [4.69, 9.17) is 4.74 Å². The number of hydrogen-bond acceptors (Lipinski definition) is 3. The van der Waals surface area contributed by atoms with E-state index in [1.165, 1.54) is 0 Å². The van der Waals surface area contributed by atoms with Crippen molar-refractivity contribution in [2.24, 2.45) is 5.41 Å². The highest BCUT2D eigenvalue weighted by molar-refractivity contribution is 9.10. The van der Waals surface area contributed by atoms with Crippen LogP contribution in [0.4, 0.5) is 0 Å². The molecule has 0 N–H and O–H groups in total. The Morgan fingerprint density at radius 1 is 1.28 bits per heavy atom. The molecule has 4 heteroatoms. The Hall–Kier alpha value is -1.16. The molecule has 1 aromatic carbocycles. The summed E-state index contributed by atoms with van der Waals surface area (Å²) in [6, 6.07) is 7.49. The van der Waals surface area contributed by atoms with Crippen molar-refractivity contribution in [2.45, 2.75) is 27.2 Å². The van der Waals surface area contributed by atoms with E-state index in [0.717, 1.165) is 10.0 Å². The van der Waals surface area contributed by atoms with Crippen molar-refractivity contribution >= 4 is 27.7 Å². The van der Waals surface area contributed by atoms with E-state index in [1.54, 1.807) is 20.8 Å². The first kappa shape index (κ1) is 14.9. The van der Waals surface area contributed by atoms with Gasteiger partial charge in [-0.15, -0.1) is 0 Å². The van der Waals surface area contributed by atoms with Gasteiger partial charge in [-0.1, -0.05) is 34.1 Å². The van der Waals surface area contributed by atoms with E-state index in [-0.39, 0.29) is 18.8 Å². The van der Waals surface area contributed by atoms with Gasteiger partial charge in [-0.25, -0.2) is 0 Å². The zero-order valence-electron chi connectivity index (χ0n) is 10.8. The molecule has 0 amide bonds. The number of ketones is 1. The van der Waals surface area contributed by atoms with Crippen LogP contribution in [0.3, 0.4) is 0 Å². The second-order valence-electron chi connectivity index (χ2n) is 4.54. The average molecular weight is 313 g/mol. The summed E-state index contributed by atoms with van der Waals surface area (Å²) in [6.45, 7) is 5.21. The highest BCUT2D eigenvalue weighted by Crippen LogP contribution is 2.24. The molecule has 0 unspecified atom stereocenters. The predicted molar refractivity (Wildman–Crippen MR) is 73.3 cm³/mol. The maximum atomic E-state index is 12.2. The molecule has 0 saturated carbocycles. The summed E-state index contributed by atoms with van der Waals surface area (Å²) in [4.78, 5) is 23.9. The van der Waals surface area contributed by atoms with Gasteiger partial charge in [-0.05, 0) is 32.4 Å². The highest BCUT2D eigenvalue weighted by atomic mass is 79.9. The second-order valence-corrected chi connectivity index (χ2v) is 5.39. The summed E-state index contributed by atoms with van der Waals surface area (Å²) >= 11 is 3.39. The van der Waals surface area contributed by atoms with Gasteiger partial charge in [-0.3, -0.25) is 9.59 Å². The monoisotopic (exact) mass is 312 g/mol. The van der Waals surface area contributed by atoms with Gasteiger partial charge in [0.15, 0.2) is 5.78 Å². The molecule has 1 aromatic rings. The van der Waals surface area contributed by atoms with Crippen LogP contribution in [0.5, 0.6) is 0 Å². The summed E-state index contributed by atoms with van der Waals surface area (Å²) in [5, 5.41) is 0. The summed E-state index contributed by atoms with van der Waals surface area (Å²) < 4.78 is 5.80. The number of rotatable bonds is 5. The minimum Gasteiger partial charge on any atom is -0.465 e. The van der Waals surface area contributed by atoms with Crippen molar-refractivity contribution in [3.63, 3.8) is 0 Å². The Morgan fingerprint density at radius 2 is 1.89 bits per heavy atom. The molecule has 18 heavy (non-hydrogen) atoms. The van der Waals surface area contributed by atoms with Crippen LogP contribution in [0, 0.1) is 5.41 Å². The number of benzene rings is 1. The fraction of sp³-hybridized carbons (Fsp3) is 0.429. The minimum atomic E-state index is -1.11. The molecule has 0 saturated heterocycles. The quantitative estimate of drug-likeness (QED) is 0.619. The van der Waals surface area contributed by atoms with Crippen LogP contribution < -0.4 is 0 Å². The van der Waals surface area contributed by atoms with E-state index >= 15 is 0 Å². The minimum absolute atomic E-state index is 0.146. The summed E-state index contributed by atoms with van der Waals surface area (Å²) in [6.07, 6.45) is 0.216. The van der Waals surface area contributed by atoms with Crippen molar-refractivity contribution < 1.29 is 14.3 Å². The SMILES string of the molecule is CCOC(=O)C(C)(C)C(=O)Cc1ccccc1Br. The first-order valence-corrected chi connectivity index (χ1v) is 6.62. The normalized spacial score (nSPS) is 11.1. The molecule has 0 bridgehead atoms. The van der Waals surface area contributed by atoms with Crippen LogP contribution in [-0.2, 0) is 20.7 Å². The van der Waals surface area contributed by atoms with Gasteiger partial charge in [0.1, 0.15) is 5.41 Å². The fourth-order valence-corrected chi connectivity index (χ4v) is 1.89. The Bertz CT molecular complexity index is 452. The molecular formula is C14H17BrO3. The summed E-state index contributed by atoms with van der Waals surface area (Å²) in [5.41, 5.74) is -0.231. The van der Waals surface area contributed by atoms with Gasteiger partial charge < -0.3 is 4.74 Å². The molecule has 0 atom stereocenters. The Labute approximate surface area is 116 Å². The molecule has 0 spiro atoms. The molecule has 3 nitrogen and oxygen atoms in total. The van der Waals surface area contributed by atoms with Crippen LogP contribution >= 0.6 is 15.9 Å². The third-order valence-electron chi connectivity index (χ3n) is 2.79. The van der Waals surface area contributed by atoms with E-state index in [9.17, 15) is 9.59 Å². The second kappa shape index (κ2) is 6.14. The lowest BCUT2D eigenvalue weighted by Gasteiger charge is -2.21. The smallest absolute Gasteiger partial charge is 0.319 e. The van der Waals surface area contributed by atoms with E-state index in [2.05, 4.69) is 15.9 Å². The van der Waals surface area contributed by atoms with Gasteiger partial charge in [0.05, 0.1) is 6.61 Å². The molecular weight excluding hydrogens is 296 g/mol. The summed E-state index contributed by atoms with van der Waals surface area (Å²) in [5.74, 6) is -0.616. The van der Waals surface area contributed by atoms with Crippen LogP contribution in [0.1, 0.15) is 26.3 Å². The third kappa shape index (κ3) is 3.42. The van der Waals surface area contributed by atoms with Crippen molar-refractivity contribution in [2.75, 3.05) is 6.61 Å². The number of halogens is 1. The molecule has 0 aliphatic carbocycles. The van der Waals surface area contributed by atoms with Crippen LogP contribution in [0.2, 0.25) is 0 Å². The number of hydrogen-bond donors (Lipinski definition) is 0. The number of Topliss-reactive ketones (excluding diaryl/α,β-unsaturated/α-hetero) is 1. The van der Waals surface area contributed by atoms with E-state index < -0.39 is 11.4 Å². The number of ether oxygens (including phenoxy) is 1. The van der Waals surface area contributed by atoms with Gasteiger partial charge in [0.2, 0.25) is 0 Å². The topological polar surface area (TPSA) is 43.4 Å². The zero-order valence-corrected chi connectivity index (χ0v) is 12.4. The molecule has 1 rings (SSSR count). The lowest BCUT2D eigenvalue weighted by Crippen LogP contribution is -2.36. The highest BCUT2D eigenvalue weighted by Gasteiger charge is 2.37. The maximum absolute atomic E-state index is 12.2. The van der Waals surface area contributed by atoms with Gasteiger partial charge >= 0.3 is 5.97 Å². The first-order valence-electron chi connectivity index (χ1n) is 5.83. The zero-order chi connectivity index (χ0) is 13.8. The predicted octanol–water partition coefficient (Wildman–Crippen LogP) is 3.15. The molecule has 0 aliphatic heterocycles. The van der Waals surface area contributed by atoms with Crippen molar-refractivity contribution in [3.8, 4) is 0 Å². The molecule has 0 fully saturated rings. The molecule has 0 aromatic heterocycles. The number of esters is 1. The summed E-state index contributed by atoms with van der Waals surface area (Å²) in [7, 11) is 0. The molecule has 0 heterocycles. The average Bonchev–Trinajstić information content (AvgIpc) is 2.32. The largest absolute Gasteiger partial charge is 0.465 e. The lowest BCUT2D eigenvalue weighted by molar-refractivity contribution is -0.157. The number of carbonyl (C=O) groups excluding carboxylic acids is 2.